The quantitative estimate of drug-likeness (QED) is 0.353. The largest absolute Gasteiger partial charge is 0.462 e. The number of esters is 1. The Kier molecular flexibility index (Phi) is 4.79. The minimum Gasteiger partial charge on any atom is -0.462 e. The van der Waals surface area contributed by atoms with Crippen molar-refractivity contribution in [2.24, 2.45) is 5.11 Å². The zero-order valence-corrected chi connectivity index (χ0v) is 11.4. The van der Waals surface area contributed by atoms with Gasteiger partial charge < -0.3 is 4.74 Å². The highest BCUT2D eigenvalue weighted by Gasteiger charge is 2.15. The van der Waals surface area contributed by atoms with Crippen LogP contribution in [0.4, 0.5) is 5.69 Å². The normalized spacial score (nSPS) is 9.44. The van der Waals surface area contributed by atoms with Crippen LogP contribution in [0.5, 0.6) is 0 Å². The number of hydrogen-bond donors (Lipinski definition) is 0. The van der Waals surface area contributed by atoms with Gasteiger partial charge in [0.1, 0.15) is 0 Å². The van der Waals surface area contributed by atoms with Gasteiger partial charge in [-0.3, -0.25) is 0 Å². The van der Waals surface area contributed by atoms with Crippen LogP contribution in [0.25, 0.3) is 10.4 Å². The van der Waals surface area contributed by atoms with Crippen LogP contribution >= 0.6 is 31.9 Å². The number of azide groups is 1. The molecule has 0 spiro atoms. The van der Waals surface area contributed by atoms with Gasteiger partial charge in [0, 0.05) is 13.9 Å². The Bertz CT molecular complexity index is 470. The predicted molar refractivity (Wildman–Crippen MR) is 66.6 cm³/mol. The number of benzene rings is 1. The molecule has 0 aliphatic rings. The SMILES string of the molecule is CCOC(=O)c1cc(Br)cc(Br)c1N=[N+]=[N-]. The molecule has 84 valence electrons. The lowest BCUT2D eigenvalue weighted by Crippen LogP contribution is -2.05. The first-order valence-corrected chi connectivity index (χ1v) is 5.90. The minimum atomic E-state index is -0.521. The predicted octanol–water partition coefficient (Wildman–Crippen LogP) is 4.33. The second kappa shape index (κ2) is 5.89. The summed E-state index contributed by atoms with van der Waals surface area (Å²) in [7, 11) is 0. The van der Waals surface area contributed by atoms with E-state index in [0.29, 0.717) is 8.95 Å². The molecule has 0 aliphatic heterocycles. The fourth-order valence-corrected chi connectivity index (χ4v) is 2.38. The maximum Gasteiger partial charge on any atom is 0.338 e. The number of ether oxygens (including phenoxy) is 1. The van der Waals surface area contributed by atoms with Crippen molar-refractivity contribution in [1.29, 1.82) is 0 Å². The Labute approximate surface area is 109 Å². The Morgan fingerprint density at radius 3 is 2.81 bits per heavy atom. The van der Waals surface area contributed by atoms with Crippen molar-refractivity contribution in [2.75, 3.05) is 6.61 Å². The molecule has 16 heavy (non-hydrogen) atoms. The molecule has 0 saturated carbocycles. The van der Waals surface area contributed by atoms with Crippen molar-refractivity contribution >= 4 is 43.5 Å². The molecule has 0 N–H and O–H groups in total. The first kappa shape index (κ1) is 13.0. The topological polar surface area (TPSA) is 75.1 Å². The lowest BCUT2D eigenvalue weighted by molar-refractivity contribution is 0.0527. The van der Waals surface area contributed by atoms with Gasteiger partial charge in [-0.15, -0.1) is 0 Å². The molecule has 0 unspecified atom stereocenters. The lowest BCUT2D eigenvalue weighted by Gasteiger charge is -2.07. The van der Waals surface area contributed by atoms with Gasteiger partial charge in [0.2, 0.25) is 0 Å². The highest BCUT2D eigenvalue weighted by molar-refractivity contribution is 9.11. The first-order chi connectivity index (χ1) is 7.60. The van der Waals surface area contributed by atoms with E-state index in [9.17, 15) is 4.79 Å². The lowest BCUT2D eigenvalue weighted by atomic mass is 10.2. The summed E-state index contributed by atoms with van der Waals surface area (Å²) >= 11 is 6.46. The van der Waals surface area contributed by atoms with Crippen LogP contribution in [-0.4, -0.2) is 12.6 Å². The molecule has 0 radical (unpaired) electrons. The summed E-state index contributed by atoms with van der Waals surface area (Å²) in [6.45, 7) is 1.97. The summed E-state index contributed by atoms with van der Waals surface area (Å²) in [5.74, 6) is -0.521. The number of rotatable bonds is 3. The van der Waals surface area contributed by atoms with Crippen LogP contribution in [0.15, 0.2) is 26.2 Å². The second-order valence-corrected chi connectivity index (χ2v) is 4.46. The van der Waals surface area contributed by atoms with E-state index in [0.717, 1.165) is 0 Å². The Hall–Kier alpha value is -1.04. The smallest absolute Gasteiger partial charge is 0.338 e. The van der Waals surface area contributed by atoms with E-state index in [-0.39, 0.29) is 17.9 Å². The van der Waals surface area contributed by atoms with Crippen molar-refractivity contribution in [2.45, 2.75) is 6.92 Å². The number of nitrogens with zero attached hydrogens (tertiary/aromatic N) is 3. The molecule has 1 aromatic rings. The van der Waals surface area contributed by atoms with E-state index in [4.69, 9.17) is 10.3 Å². The number of hydrogen-bond acceptors (Lipinski definition) is 3. The van der Waals surface area contributed by atoms with Crippen LogP contribution in [0, 0.1) is 0 Å². The van der Waals surface area contributed by atoms with Crippen LogP contribution in [0.2, 0.25) is 0 Å². The fraction of sp³-hybridized carbons (Fsp3) is 0.222. The van der Waals surface area contributed by atoms with Crippen LogP contribution < -0.4 is 0 Å². The van der Waals surface area contributed by atoms with E-state index < -0.39 is 5.97 Å². The third-order valence-corrected chi connectivity index (χ3v) is 2.73. The summed E-state index contributed by atoms with van der Waals surface area (Å²) in [6.07, 6.45) is 0. The van der Waals surface area contributed by atoms with Crippen molar-refractivity contribution in [1.82, 2.24) is 0 Å². The van der Waals surface area contributed by atoms with Gasteiger partial charge >= 0.3 is 5.97 Å². The molecule has 0 aliphatic carbocycles. The summed E-state index contributed by atoms with van der Waals surface area (Å²) in [4.78, 5) is 14.3. The molecule has 0 amide bonds. The summed E-state index contributed by atoms with van der Waals surface area (Å²) in [5.41, 5.74) is 8.87. The number of carbonyl (C=O) groups excluding carboxylic acids is 1. The molecule has 0 saturated heterocycles. The molecule has 1 rings (SSSR count). The zero-order valence-electron chi connectivity index (χ0n) is 8.28. The molecule has 0 bridgehead atoms. The number of carbonyl (C=O) groups is 1. The summed E-state index contributed by atoms with van der Waals surface area (Å²) in [6, 6.07) is 3.24. The van der Waals surface area contributed by atoms with Crippen molar-refractivity contribution in [3.05, 3.63) is 37.1 Å². The van der Waals surface area contributed by atoms with Gasteiger partial charge in [0.05, 0.1) is 17.9 Å². The monoisotopic (exact) mass is 347 g/mol. The maximum absolute atomic E-state index is 11.6. The highest BCUT2D eigenvalue weighted by atomic mass is 79.9. The second-order valence-electron chi connectivity index (χ2n) is 2.69. The van der Waals surface area contributed by atoms with Gasteiger partial charge in [-0.25, -0.2) is 4.79 Å². The van der Waals surface area contributed by atoms with Gasteiger partial charge in [0.25, 0.3) is 0 Å². The Balaban J connectivity index is 3.34. The van der Waals surface area contributed by atoms with Gasteiger partial charge in [-0.2, -0.15) is 0 Å². The summed E-state index contributed by atoms with van der Waals surface area (Å²) < 4.78 is 6.09. The minimum absolute atomic E-state index is 0.223. The molecule has 0 fully saturated rings. The third-order valence-electron chi connectivity index (χ3n) is 1.67. The van der Waals surface area contributed by atoms with E-state index in [1.54, 1.807) is 19.1 Å². The van der Waals surface area contributed by atoms with Gasteiger partial charge in [-0.1, -0.05) is 37.0 Å². The average molecular weight is 349 g/mol. The molecular weight excluding hydrogens is 342 g/mol. The standard InChI is InChI=1S/C9H7Br2N3O2/c1-2-16-9(15)6-3-5(10)4-7(11)8(6)13-14-12/h3-4H,2H2,1H3. The van der Waals surface area contributed by atoms with E-state index in [1.807, 2.05) is 0 Å². The van der Waals surface area contributed by atoms with Crippen LogP contribution in [-0.2, 0) is 4.74 Å². The van der Waals surface area contributed by atoms with Gasteiger partial charge in [0.15, 0.2) is 0 Å². The molecular formula is C9H7Br2N3O2. The summed E-state index contributed by atoms with van der Waals surface area (Å²) in [5, 5.41) is 3.46. The first-order valence-electron chi connectivity index (χ1n) is 4.31. The highest BCUT2D eigenvalue weighted by Crippen LogP contribution is 2.33. The van der Waals surface area contributed by atoms with Crippen LogP contribution in [0.3, 0.4) is 0 Å². The van der Waals surface area contributed by atoms with E-state index in [2.05, 4.69) is 41.9 Å². The fourth-order valence-electron chi connectivity index (χ4n) is 1.08. The molecule has 7 heteroatoms. The maximum atomic E-state index is 11.6. The van der Waals surface area contributed by atoms with E-state index in [1.165, 1.54) is 0 Å². The van der Waals surface area contributed by atoms with Crippen LogP contribution in [0.1, 0.15) is 17.3 Å². The molecule has 1 aromatic carbocycles. The van der Waals surface area contributed by atoms with Gasteiger partial charge in [-0.05, 0) is 24.6 Å². The molecule has 5 nitrogen and oxygen atoms in total. The molecule has 0 aromatic heterocycles. The van der Waals surface area contributed by atoms with Crippen molar-refractivity contribution in [3.63, 3.8) is 0 Å². The molecule has 0 atom stereocenters. The third kappa shape index (κ3) is 2.98. The van der Waals surface area contributed by atoms with Crippen molar-refractivity contribution < 1.29 is 9.53 Å². The molecule has 0 heterocycles. The zero-order chi connectivity index (χ0) is 12.1. The van der Waals surface area contributed by atoms with Crippen molar-refractivity contribution in [3.8, 4) is 0 Å². The Morgan fingerprint density at radius 1 is 1.56 bits per heavy atom. The average Bonchev–Trinajstić information content (AvgIpc) is 2.22. The number of halogens is 2. The Morgan fingerprint density at radius 2 is 2.25 bits per heavy atom. The van der Waals surface area contributed by atoms with E-state index >= 15 is 0 Å².